The average molecular weight is 282 g/mol. The lowest BCUT2D eigenvalue weighted by Gasteiger charge is -2.45. The van der Waals surface area contributed by atoms with Crippen LogP contribution in [0, 0.1) is 16.0 Å². The van der Waals surface area contributed by atoms with Gasteiger partial charge in [0.05, 0.1) is 4.92 Å². The van der Waals surface area contributed by atoms with Gasteiger partial charge in [0, 0.05) is 23.7 Å². The zero-order chi connectivity index (χ0) is 13.4. The summed E-state index contributed by atoms with van der Waals surface area (Å²) in [5, 5.41) is 14.9. The van der Waals surface area contributed by atoms with Crippen molar-refractivity contribution in [3.05, 3.63) is 33.3 Å². The van der Waals surface area contributed by atoms with Crippen molar-refractivity contribution in [2.24, 2.45) is 5.92 Å². The lowest BCUT2D eigenvalue weighted by molar-refractivity contribution is -0.384. The predicted molar refractivity (Wildman–Crippen MR) is 74.7 cm³/mol. The summed E-state index contributed by atoms with van der Waals surface area (Å²) < 4.78 is 0. The summed E-state index contributed by atoms with van der Waals surface area (Å²) in [5.74, 6) is 0.614. The quantitative estimate of drug-likeness (QED) is 0.684. The van der Waals surface area contributed by atoms with Crippen LogP contribution in [0.3, 0.4) is 0 Å². The SMILES string of the molecule is O=[N+]([O-])c1ccc(Cl)cc1NC1CN2CCC1CC2. The van der Waals surface area contributed by atoms with Crippen LogP contribution in [0.25, 0.3) is 0 Å². The topological polar surface area (TPSA) is 58.4 Å². The van der Waals surface area contributed by atoms with Crippen molar-refractivity contribution < 1.29 is 4.92 Å². The fourth-order valence-corrected chi connectivity index (χ4v) is 3.28. The number of hydrogen-bond acceptors (Lipinski definition) is 4. The van der Waals surface area contributed by atoms with Crippen LogP contribution in [0.4, 0.5) is 11.4 Å². The summed E-state index contributed by atoms with van der Waals surface area (Å²) in [6.45, 7) is 3.27. The van der Waals surface area contributed by atoms with Crippen molar-refractivity contribution in [3.8, 4) is 0 Å². The Morgan fingerprint density at radius 2 is 2.11 bits per heavy atom. The number of hydrogen-bond donors (Lipinski definition) is 1. The Bertz CT molecular complexity index is 501. The molecule has 19 heavy (non-hydrogen) atoms. The van der Waals surface area contributed by atoms with Crippen LogP contribution in [-0.2, 0) is 0 Å². The van der Waals surface area contributed by atoms with Crippen molar-refractivity contribution in [2.45, 2.75) is 18.9 Å². The monoisotopic (exact) mass is 281 g/mol. The van der Waals surface area contributed by atoms with Crippen LogP contribution in [0.5, 0.6) is 0 Å². The van der Waals surface area contributed by atoms with E-state index in [2.05, 4.69) is 10.2 Å². The van der Waals surface area contributed by atoms with Crippen molar-refractivity contribution in [2.75, 3.05) is 25.0 Å². The van der Waals surface area contributed by atoms with Crippen LogP contribution in [0.2, 0.25) is 5.02 Å². The smallest absolute Gasteiger partial charge is 0.292 e. The molecule has 1 aromatic carbocycles. The van der Waals surface area contributed by atoms with E-state index in [1.165, 1.54) is 18.9 Å². The molecule has 5 nitrogen and oxygen atoms in total. The van der Waals surface area contributed by atoms with Crippen LogP contribution in [0.15, 0.2) is 18.2 Å². The molecule has 1 aromatic rings. The number of fused-ring (bicyclic) bond motifs is 3. The van der Waals surface area contributed by atoms with Gasteiger partial charge in [-0.1, -0.05) is 11.6 Å². The van der Waals surface area contributed by atoms with E-state index in [1.54, 1.807) is 12.1 Å². The van der Waals surface area contributed by atoms with E-state index in [0.29, 0.717) is 22.7 Å². The van der Waals surface area contributed by atoms with Gasteiger partial charge in [-0.2, -0.15) is 0 Å². The minimum absolute atomic E-state index is 0.0980. The number of benzene rings is 1. The van der Waals surface area contributed by atoms with Crippen LogP contribution < -0.4 is 5.32 Å². The van der Waals surface area contributed by atoms with Gasteiger partial charge in [0.25, 0.3) is 5.69 Å². The number of rotatable bonds is 3. The van der Waals surface area contributed by atoms with Gasteiger partial charge in [-0.25, -0.2) is 0 Å². The van der Waals surface area contributed by atoms with E-state index in [1.807, 2.05) is 0 Å². The van der Waals surface area contributed by atoms with Gasteiger partial charge < -0.3 is 10.2 Å². The summed E-state index contributed by atoms with van der Waals surface area (Å²) in [4.78, 5) is 13.1. The molecule has 3 fully saturated rings. The molecule has 6 heteroatoms. The second-order valence-corrected chi connectivity index (χ2v) is 5.74. The van der Waals surface area contributed by atoms with E-state index in [-0.39, 0.29) is 10.6 Å². The van der Waals surface area contributed by atoms with Crippen LogP contribution in [0.1, 0.15) is 12.8 Å². The third-order valence-electron chi connectivity index (χ3n) is 4.15. The molecule has 102 valence electrons. The summed E-state index contributed by atoms with van der Waals surface area (Å²) in [5.41, 5.74) is 0.636. The largest absolute Gasteiger partial charge is 0.375 e. The highest BCUT2D eigenvalue weighted by atomic mass is 35.5. The number of nitro groups is 1. The Balaban J connectivity index is 1.83. The van der Waals surface area contributed by atoms with Crippen molar-refractivity contribution in [1.29, 1.82) is 0 Å². The van der Waals surface area contributed by atoms with Gasteiger partial charge >= 0.3 is 0 Å². The van der Waals surface area contributed by atoms with E-state index in [4.69, 9.17) is 11.6 Å². The number of halogens is 1. The van der Waals surface area contributed by atoms with Gasteiger partial charge in [-0.3, -0.25) is 10.1 Å². The first kappa shape index (κ1) is 12.7. The van der Waals surface area contributed by atoms with E-state index in [9.17, 15) is 10.1 Å². The van der Waals surface area contributed by atoms with E-state index >= 15 is 0 Å². The average Bonchev–Trinajstić information content (AvgIpc) is 2.40. The molecule has 0 aromatic heterocycles. The van der Waals surface area contributed by atoms with Crippen LogP contribution in [-0.4, -0.2) is 35.5 Å². The van der Waals surface area contributed by atoms with Gasteiger partial charge in [0.1, 0.15) is 5.69 Å². The predicted octanol–water partition coefficient (Wildman–Crippen LogP) is 2.75. The fraction of sp³-hybridized carbons (Fsp3) is 0.538. The third-order valence-corrected chi connectivity index (χ3v) is 4.39. The molecule has 1 atom stereocenters. The zero-order valence-electron chi connectivity index (χ0n) is 10.5. The molecule has 3 aliphatic rings. The molecule has 1 unspecified atom stereocenters. The first-order chi connectivity index (χ1) is 9.13. The first-order valence-electron chi connectivity index (χ1n) is 6.56. The highest BCUT2D eigenvalue weighted by molar-refractivity contribution is 6.31. The first-order valence-corrected chi connectivity index (χ1v) is 6.94. The summed E-state index contributed by atoms with van der Waals surface area (Å²) >= 11 is 5.95. The van der Waals surface area contributed by atoms with E-state index in [0.717, 1.165) is 19.6 Å². The highest BCUT2D eigenvalue weighted by Gasteiger charge is 2.34. The molecule has 0 amide bonds. The number of nitrogens with zero attached hydrogens (tertiary/aromatic N) is 2. The Hall–Kier alpha value is -1.33. The Morgan fingerprint density at radius 3 is 2.68 bits per heavy atom. The minimum Gasteiger partial charge on any atom is -0.375 e. The summed E-state index contributed by atoms with van der Waals surface area (Å²) in [6, 6.07) is 4.96. The Labute approximate surface area is 116 Å². The second-order valence-electron chi connectivity index (χ2n) is 5.31. The van der Waals surface area contributed by atoms with Crippen molar-refractivity contribution >= 4 is 23.0 Å². The standard InChI is InChI=1S/C13H16ClN3O2/c14-10-1-2-13(17(18)19)11(7-10)15-12-8-16-5-3-9(12)4-6-16/h1-2,7,9,12,15H,3-6,8H2. The molecule has 4 rings (SSSR count). The van der Waals surface area contributed by atoms with Gasteiger partial charge in [0.2, 0.25) is 0 Å². The third kappa shape index (κ3) is 2.53. The Morgan fingerprint density at radius 1 is 1.37 bits per heavy atom. The molecule has 0 spiro atoms. The lowest BCUT2D eigenvalue weighted by atomic mass is 9.84. The molecule has 1 N–H and O–H groups in total. The molecular formula is C13H16ClN3O2. The highest BCUT2D eigenvalue weighted by Crippen LogP contribution is 2.33. The number of anilines is 1. The Kier molecular flexibility index (Phi) is 3.33. The van der Waals surface area contributed by atoms with Gasteiger partial charge in [-0.15, -0.1) is 0 Å². The number of piperidine rings is 3. The number of nitrogens with one attached hydrogen (secondary N) is 1. The molecule has 3 heterocycles. The molecule has 0 radical (unpaired) electrons. The minimum atomic E-state index is -0.361. The maximum atomic E-state index is 11.0. The van der Waals surface area contributed by atoms with E-state index < -0.39 is 0 Å². The molecule has 0 saturated carbocycles. The summed E-state index contributed by atoms with van der Waals surface area (Å²) in [6.07, 6.45) is 2.35. The molecule has 2 bridgehead atoms. The van der Waals surface area contributed by atoms with Gasteiger partial charge in [0.15, 0.2) is 0 Å². The molecule has 3 saturated heterocycles. The second kappa shape index (κ2) is 4.98. The molecular weight excluding hydrogens is 266 g/mol. The summed E-state index contributed by atoms with van der Waals surface area (Å²) in [7, 11) is 0. The van der Waals surface area contributed by atoms with Crippen LogP contribution >= 0.6 is 11.6 Å². The normalized spacial score (nSPS) is 29.2. The molecule has 3 aliphatic heterocycles. The van der Waals surface area contributed by atoms with Crippen molar-refractivity contribution in [1.82, 2.24) is 4.90 Å². The zero-order valence-corrected chi connectivity index (χ0v) is 11.3. The maximum Gasteiger partial charge on any atom is 0.292 e. The number of nitro benzene ring substituents is 1. The fourth-order valence-electron chi connectivity index (χ4n) is 3.11. The maximum absolute atomic E-state index is 11.0. The van der Waals surface area contributed by atoms with Gasteiger partial charge in [-0.05, 0) is 44.0 Å². The lowest BCUT2D eigenvalue weighted by Crippen LogP contribution is -2.53. The van der Waals surface area contributed by atoms with Crippen molar-refractivity contribution in [3.63, 3.8) is 0 Å². The molecule has 0 aliphatic carbocycles.